The predicted molar refractivity (Wildman–Crippen MR) is 96.3 cm³/mol. The third-order valence-electron chi connectivity index (χ3n) is 4.98. The summed E-state index contributed by atoms with van der Waals surface area (Å²) < 4.78 is 0. The van der Waals surface area contributed by atoms with E-state index < -0.39 is 0 Å². The molecule has 0 spiro atoms. The summed E-state index contributed by atoms with van der Waals surface area (Å²) in [6.07, 6.45) is 0.744. The maximum Gasteiger partial charge on any atom is 0.255 e. The van der Waals surface area contributed by atoms with Crippen molar-refractivity contribution in [2.24, 2.45) is 5.73 Å². The Labute approximate surface area is 142 Å². The lowest BCUT2D eigenvalue weighted by molar-refractivity contribution is 0.0925. The van der Waals surface area contributed by atoms with Gasteiger partial charge in [-0.1, -0.05) is 24.3 Å². The topological polar surface area (TPSA) is 61.6 Å². The number of amides is 1. The van der Waals surface area contributed by atoms with Gasteiger partial charge in [0.15, 0.2) is 0 Å². The van der Waals surface area contributed by atoms with E-state index in [4.69, 9.17) is 5.73 Å². The van der Waals surface area contributed by atoms with Crippen molar-refractivity contribution in [1.82, 2.24) is 5.32 Å². The summed E-state index contributed by atoms with van der Waals surface area (Å²) in [5, 5.41) is 3.15. The van der Waals surface area contributed by atoms with E-state index in [2.05, 4.69) is 39.4 Å². The van der Waals surface area contributed by atoms with E-state index in [0.717, 1.165) is 41.0 Å². The van der Waals surface area contributed by atoms with Crippen LogP contribution < -0.4 is 20.9 Å². The molecule has 24 heavy (non-hydrogen) atoms. The fourth-order valence-corrected chi connectivity index (χ4v) is 3.67. The molecule has 2 aromatic carbocycles. The quantitative estimate of drug-likeness (QED) is 0.891. The highest BCUT2D eigenvalue weighted by atomic mass is 16.2. The molecule has 0 radical (unpaired) electrons. The van der Waals surface area contributed by atoms with Crippen molar-refractivity contribution in [3.05, 3.63) is 59.2 Å². The molecule has 0 saturated heterocycles. The number of anilines is 2. The van der Waals surface area contributed by atoms with Gasteiger partial charge in [0.05, 0.1) is 11.3 Å². The highest BCUT2D eigenvalue weighted by Crippen LogP contribution is 2.42. The monoisotopic (exact) mass is 322 g/mol. The Balaban J connectivity index is 1.78. The molecule has 2 atom stereocenters. The van der Waals surface area contributed by atoms with Crippen molar-refractivity contribution < 1.29 is 4.79 Å². The normalized spacial score (nSPS) is 22.0. The maximum atomic E-state index is 12.6. The first-order chi connectivity index (χ1) is 11.6. The lowest BCUT2D eigenvalue weighted by Gasteiger charge is -2.44. The van der Waals surface area contributed by atoms with Crippen molar-refractivity contribution in [3.63, 3.8) is 0 Å². The predicted octanol–water partition coefficient (Wildman–Crippen LogP) is 2.40. The number of para-hydroxylation sites is 1. The number of carbonyl (C=O) groups excluding carboxylic acids is 1. The van der Waals surface area contributed by atoms with E-state index in [1.165, 1.54) is 0 Å². The van der Waals surface area contributed by atoms with Crippen LogP contribution in [0.5, 0.6) is 0 Å². The Kier molecular flexibility index (Phi) is 3.46. The lowest BCUT2D eigenvalue weighted by Crippen LogP contribution is -2.49. The number of hydrogen-bond donors (Lipinski definition) is 2. The van der Waals surface area contributed by atoms with E-state index in [1.54, 1.807) is 0 Å². The Morgan fingerprint density at radius 1 is 1.17 bits per heavy atom. The zero-order valence-electron chi connectivity index (χ0n) is 14.0. The largest absolute Gasteiger partial charge is 0.378 e. The summed E-state index contributed by atoms with van der Waals surface area (Å²) in [6, 6.07) is 14.2. The molecule has 2 aromatic rings. The molecule has 0 unspecified atom stereocenters. The fraction of sp³-hybridized carbons (Fsp3) is 0.316. The van der Waals surface area contributed by atoms with E-state index in [1.807, 2.05) is 32.3 Å². The summed E-state index contributed by atoms with van der Waals surface area (Å²) >= 11 is 0. The van der Waals surface area contributed by atoms with Gasteiger partial charge in [-0.05, 0) is 35.7 Å². The zero-order chi connectivity index (χ0) is 16.8. The van der Waals surface area contributed by atoms with Crippen LogP contribution in [0.15, 0.2) is 42.5 Å². The van der Waals surface area contributed by atoms with Gasteiger partial charge in [0.25, 0.3) is 5.91 Å². The summed E-state index contributed by atoms with van der Waals surface area (Å²) in [5.41, 5.74) is 11.3. The van der Waals surface area contributed by atoms with Gasteiger partial charge in [0.1, 0.15) is 6.17 Å². The van der Waals surface area contributed by atoms with E-state index in [-0.39, 0.29) is 18.1 Å². The molecule has 0 aromatic heterocycles. The first kappa shape index (κ1) is 15.0. The van der Waals surface area contributed by atoms with E-state index >= 15 is 0 Å². The van der Waals surface area contributed by atoms with Crippen molar-refractivity contribution in [2.75, 3.05) is 30.4 Å². The second-order valence-corrected chi connectivity index (χ2v) is 6.69. The summed E-state index contributed by atoms with van der Waals surface area (Å²) in [6.45, 7) is 0.839. The molecular weight excluding hydrogens is 300 g/mol. The van der Waals surface area contributed by atoms with Gasteiger partial charge in [-0.2, -0.15) is 0 Å². The molecule has 5 heteroatoms. The molecule has 1 amide bonds. The second-order valence-electron chi connectivity index (χ2n) is 6.69. The van der Waals surface area contributed by atoms with Crippen LogP contribution in [0, 0.1) is 0 Å². The zero-order valence-corrected chi connectivity index (χ0v) is 14.0. The van der Waals surface area contributed by atoms with Gasteiger partial charge in [0.2, 0.25) is 0 Å². The number of rotatable bonds is 2. The van der Waals surface area contributed by atoms with Crippen LogP contribution in [0.3, 0.4) is 0 Å². The fourth-order valence-electron chi connectivity index (χ4n) is 3.67. The highest BCUT2D eigenvalue weighted by molar-refractivity contribution is 6.03. The summed E-state index contributed by atoms with van der Waals surface area (Å²) in [7, 11) is 4.04. The van der Waals surface area contributed by atoms with Crippen LogP contribution >= 0.6 is 0 Å². The third kappa shape index (κ3) is 2.24. The molecule has 0 fully saturated rings. The molecule has 5 nitrogen and oxygen atoms in total. The first-order valence-corrected chi connectivity index (χ1v) is 8.29. The summed E-state index contributed by atoms with van der Waals surface area (Å²) in [4.78, 5) is 16.9. The molecule has 0 saturated carbocycles. The van der Waals surface area contributed by atoms with Gasteiger partial charge in [-0.25, -0.2) is 0 Å². The number of hydrogen-bond acceptors (Lipinski definition) is 4. The smallest absolute Gasteiger partial charge is 0.255 e. The van der Waals surface area contributed by atoms with Crippen molar-refractivity contribution in [2.45, 2.75) is 18.6 Å². The van der Waals surface area contributed by atoms with Crippen molar-refractivity contribution in [1.29, 1.82) is 0 Å². The van der Waals surface area contributed by atoms with Gasteiger partial charge < -0.3 is 20.9 Å². The third-order valence-corrected chi connectivity index (χ3v) is 4.98. The standard InChI is InChI=1S/C19H22N4O/c1-22(2)13-8-6-12(7-9-13)18-21-19(24)15-5-3-4-14-16(20)10-11-23(18)17(14)15/h3-9,16,18H,10-11,20H2,1-2H3,(H,21,24)/t16-,18-/m1/s1. The van der Waals surface area contributed by atoms with Crippen LogP contribution in [0.1, 0.15) is 40.1 Å². The molecule has 2 heterocycles. The number of carbonyl (C=O) groups is 1. The van der Waals surface area contributed by atoms with Gasteiger partial charge in [-0.15, -0.1) is 0 Å². The number of nitrogens with one attached hydrogen (secondary N) is 1. The van der Waals surface area contributed by atoms with Crippen molar-refractivity contribution in [3.8, 4) is 0 Å². The van der Waals surface area contributed by atoms with Crippen LogP contribution in [0.2, 0.25) is 0 Å². The maximum absolute atomic E-state index is 12.6. The molecule has 3 N–H and O–H groups in total. The number of benzene rings is 2. The number of nitrogens with zero attached hydrogens (tertiary/aromatic N) is 2. The molecule has 4 rings (SSSR count). The Bertz CT molecular complexity index is 784. The molecular formula is C19H22N4O. The second kappa shape index (κ2) is 5.53. The lowest BCUT2D eigenvalue weighted by atomic mass is 9.90. The minimum absolute atomic E-state index is 0.00105. The Morgan fingerprint density at radius 3 is 2.62 bits per heavy atom. The first-order valence-electron chi connectivity index (χ1n) is 8.29. The highest BCUT2D eigenvalue weighted by Gasteiger charge is 2.36. The average molecular weight is 322 g/mol. The SMILES string of the molecule is CN(C)c1ccc([C@@H]2NC(=O)c3cccc4c3N2CC[C@H]4N)cc1. The molecule has 2 aliphatic rings. The Hall–Kier alpha value is -2.53. The van der Waals surface area contributed by atoms with Crippen LogP contribution in [0.4, 0.5) is 11.4 Å². The van der Waals surface area contributed by atoms with Crippen LogP contribution in [0.25, 0.3) is 0 Å². The minimum Gasteiger partial charge on any atom is -0.378 e. The van der Waals surface area contributed by atoms with Crippen molar-refractivity contribution >= 4 is 17.3 Å². The Morgan fingerprint density at radius 2 is 1.92 bits per heavy atom. The molecule has 124 valence electrons. The average Bonchev–Trinajstić information content (AvgIpc) is 2.60. The van der Waals surface area contributed by atoms with Crippen LogP contribution in [-0.2, 0) is 0 Å². The summed E-state index contributed by atoms with van der Waals surface area (Å²) in [5.74, 6) is -0.0288. The van der Waals surface area contributed by atoms with E-state index in [0.29, 0.717) is 0 Å². The molecule has 2 aliphatic heterocycles. The molecule has 0 bridgehead atoms. The minimum atomic E-state index is -0.144. The van der Waals surface area contributed by atoms with Gasteiger partial charge in [0, 0.05) is 32.4 Å². The number of nitrogens with two attached hydrogens (primary N) is 1. The van der Waals surface area contributed by atoms with Gasteiger partial charge in [-0.3, -0.25) is 4.79 Å². The van der Waals surface area contributed by atoms with Gasteiger partial charge >= 0.3 is 0 Å². The van der Waals surface area contributed by atoms with E-state index in [9.17, 15) is 4.79 Å². The van der Waals surface area contributed by atoms with Crippen LogP contribution in [-0.4, -0.2) is 26.5 Å². The molecule has 0 aliphatic carbocycles.